The summed E-state index contributed by atoms with van der Waals surface area (Å²) in [5.74, 6) is 0. The second-order valence-electron chi connectivity index (χ2n) is 4.43. The van der Waals surface area contributed by atoms with E-state index in [-0.39, 0.29) is 0 Å². The zero-order chi connectivity index (χ0) is 13.0. The number of rotatable bonds is 5. The quantitative estimate of drug-likeness (QED) is 0.762. The fraction of sp³-hybridized carbons (Fsp3) is 0.250. The van der Waals surface area contributed by atoms with Gasteiger partial charge in [-0.1, -0.05) is 38.1 Å². The van der Waals surface area contributed by atoms with Gasteiger partial charge in [-0.2, -0.15) is 0 Å². The minimum Gasteiger partial charge on any atom is -0.361 e. The molecule has 2 nitrogen and oxygen atoms in total. The highest BCUT2D eigenvalue weighted by atomic mass is 14.7. The molecule has 0 aliphatic carbocycles. The third-order valence-electron chi connectivity index (χ3n) is 3.19. The number of hydrogen-bond donors (Lipinski definition) is 2. The molecule has 3 N–H and O–H groups in total. The average molecular weight is 240 g/mol. The van der Waals surface area contributed by atoms with Gasteiger partial charge >= 0.3 is 0 Å². The Hall–Kier alpha value is -1.80. The van der Waals surface area contributed by atoms with Crippen molar-refractivity contribution in [1.82, 2.24) is 4.98 Å². The van der Waals surface area contributed by atoms with E-state index in [1.165, 1.54) is 16.5 Å². The van der Waals surface area contributed by atoms with Crippen LogP contribution in [0.25, 0.3) is 16.5 Å². The summed E-state index contributed by atoms with van der Waals surface area (Å²) in [6.07, 6.45) is 8.38. The van der Waals surface area contributed by atoms with E-state index in [0.29, 0.717) is 6.54 Å². The molecule has 18 heavy (non-hydrogen) atoms. The fourth-order valence-electron chi connectivity index (χ4n) is 2.15. The number of unbranched alkanes of at least 4 members (excludes halogenated alkanes) is 1. The number of nitrogens with one attached hydrogen (secondary N) is 1. The van der Waals surface area contributed by atoms with Crippen LogP contribution in [0.2, 0.25) is 0 Å². The van der Waals surface area contributed by atoms with E-state index >= 15 is 0 Å². The highest BCUT2D eigenvalue weighted by molar-refractivity contribution is 5.88. The van der Waals surface area contributed by atoms with Crippen LogP contribution in [0.5, 0.6) is 0 Å². The summed E-state index contributed by atoms with van der Waals surface area (Å²) in [7, 11) is 0. The number of H-pyrrole nitrogens is 1. The van der Waals surface area contributed by atoms with Crippen molar-refractivity contribution >= 4 is 16.5 Å². The molecule has 2 rings (SSSR count). The first-order valence-electron chi connectivity index (χ1n) is 6.43. The molecule has 0 radical (unpaired) electrons. The Bertz CT molecular complexity index is 576. The van der Waals surface area contributed by atoms with Crippen molar-refractivity contribution in [2.75, 3.05) is 0 Å². The molecule has 0 amide bonds. The molecule has 1 aromatic carbocycles. The molecule has 0 saturated heterocycles. The van der Waals surface area contributed by atoms with Gasteiger partial charge in [-0.15, -0.1) is 0 Å². The zero-order valence-electron chi connectivity index (χ0n) is 10.9. The molecule has 2 heteroatoms. The maximum absolute atomic E-state index is 5.74. The van der Waals surface area contributed by atoms with Crippen LogP contribution in [-0.2, 0) is 6.54 Å². The molecule has 0 saturated carbocycles. The van der Waals surface area contributed by atoms with Crippen molar-refractivity contribution in [3.05, 3.63) is 54.3 Å². The maximum Gasteiger partial charge on any atom is 0.0457 e. The Labute approximate surface area is 108 Å². The highest BCUT2D eigenvalue weighted by Crippen LogP contribution is 2.24. The largest absolute Gasteiger partial charge is 0.361 e. The van der Waals surface area contributed by atoms with Gasteiger partial charge < -0.3 is 10.7 Å². The Balaban J connectivity index is 2.47. The number of benzene rings is 1. The summed E-state index contributed by atoms with van der Waals surface area (Å²) in [5, 5.41) is 1.21. The number of aromatic amines is 1. The van der Waals surface area contributed by atoms with Crippen LogP contribution in [0.15, 0.2) is 43.1 Å². The predicted molar refractivity (Wildman–Crippen MR) is 79.3 cm³/mol. The number of aromatic nitrogens is 1. The number of hydrogen-bond acceptors (Lipinski definition) is 1. The Morgan fingerprint density at radius 3 is 2.94 bits per heavy atom. The van der Waals surface area contributed by atoms with Gasteiger partial charge in [0, 0.05) is 23.6 Å². The lowest BCUT2D eigenvalue weighted by Gasteiger charge is -2.04. The molecule has 1 heterocycles. The first kappa shape index (κ1) is 12.7. The molecule has 2 aromatic rings. The van der Waals surface area contributed by atoms with E-state index in [2.05, 4.69) is 42.8 Å². The summed E-state index contributed by atoms with van der Waals surface area (Å²) in [5.41, 5.74) is 10.4. The highest BCUT2D eigenvalue weighted by Gasteiger charge is 2.04. The van der Waals surface area contributed by atoms with Crippen LogP contribution in [0.3, 0.4) is 0 Å². The van der Waals surface area contributed by atoms with Crippen LogP contribution in [0.4, 0.5) is 0 Å². The van der Waals surface area contributed by atoms with E-state index in [1.807, 2.05) is 12.3 Å². The summed E-state index contributed by atoms with van der Waals surface area (Å²) >= 11 is 0. The van der Waals surface area contributed by atoms with Gasteiger partial charge in [0.25, 0.3) is 0 Å². The number of fused-ring (bicyclic) bond motifs is 1. The van der Waals surface area contributed by atoms with Crippen molar-refractivity contribution in [1.29, 1.82) is 0 Å². The second kappa shape index (κ2) is 5.69. The van der Waals surface area contributed by atoms with Crippen LogP contribution < -0.4 is 5.73 Å². The first-order valence-corrected chi connectivity index (χ1v) is 6.43. The Morgan fingerprint density at radius 2 is 2.28 bits per heavy atom. The van der Waals surface area contributed by atoms with Gasteiger partial charge in [0.1, 0.15) is 0 Å². The van der Waals surface area contributed by atoms with Gasteiger partial charge in [0.15, 0.2) is 0 Å². The second-order valence-corrected chi connectivity index (χ2v) is 4.43. The van der Waals surface area contributed by atoms with Crippen molar-refractivity contribution in [3.8, 4) is 0 Å². The lowest BCUT2D eigenvalue weighted by molar-refractivity contribution is 0.960. The summed E-state index contributed by atoms with van der Waals surface area (Å²) in [6.45, 7) is 6.64. The van der Waals surface area contributed by atoms with E-state index in [4.69, 9.17) is 5.73 Å². The van der Waals surface area contributed by atoms with Crippen LogP contribution in [-0.4, -0.2) is 4.98 Å². The maximum atomic E-state index is 5.74. The minimum absolute atomic E-state index is 0.561. The van der Waals surface area contributed by atoms with Gasteiger partial charge in [0.2, 0.25) is 0 Å². The fourth-order valence-corrected chi connectivity index (χ4v) is 2.15. The normalized spacial score (nSPS) is 12.0. The van der Waals surface area contributed by atoms with Gasteiger partial charge in [0.05, 0.1) is 0 Å². The summed E-state index contributed by atoms with van der Waals surface area (Å²) in [6, 6.07) is 6.42. The van der Waals surface area contributed by atoms with E-state index in [9.17, 15) is 0 Å². The third kappa shape index (κ3) is 2.39. The van der Waals surface area contributed by atoms with Crippen LogP contribution in [0, 0.1) is 0 Å². The van der Waals surface area contributed by atoms with Gasteiger partial charge in [-0.3, -0.25) is 0 Å². The standard InChI is InChI=1S/C16H20N2/c1-3-5-6-12(4-2)13-7-8-16-15(9-13)14(10-17)11-18-16/h4,6-9,11,18H,2-3,5,10,17H2,1H3/b12-6+. The lowest BCUT2D eigenvalue weighted by Crippen LogP contribution is -1.94. The lowest BCUT2D eigenvalue weighted by atomic mass is 10.0. The molecule has 0 aliphatic heterocycles. The van der Waals surface area contributed by atoms with E-state index < -0.39 is 0 Å². The third-order valence-corrected chi connectivity index (χ3v) is 3.19. The van der Waals surface area contributed by atoms with Gasteiger partial charge in [-0.25, -0.2) is 0 Å². The van der Waals surface area contributed by atoms with Crippen molar-refractivity contribution < 1.29 is 0 Å². The summed E-state index contributed by atoms with van der Waals surface area (Å²) < 4.78 is 0. The van der Waals surface area contributed by atoms with E-state index in [0.717, 1.165) is 23.9 Å². The molecular weight excluding hydrogens is 220 g/mol. The Morgan fingerprint density at radius 1 is 1.44 bits per heavy atom. The molecular formula is C16H20N2. The molecule has 94 valence electrons. The molecule has 1 aromatic heterocycles. The Kier molecular flexibility index (Phi) is 4.00. The average Bonchev–Trinajstić information content (AvgIpc) is 2.82. The first-order chi connectivity index (χ1) is 8.80. The predicted octanol–water partition coefficient (Wildman–Crippen LogP) is 4.00. The molecule has 0 atom stereocenters. The van der Waals surface area contributed by atoms with Crippen molar-refractivity contribution in [2.24, 2.45) is 5.73 Å². The van der Waals surface area contributed by atoms with Gasteiger partial charge in [-0.05, 0) is 35.3 Å². The number of allylic oxidation sites excluding steroid dienone is 3. The molecule has 0 bridgehead atoms. The molecule has 0 aliphatic rings. The van der Waals surface area contributed by atoms with Crippen LogP contribution >= 0.6 is 0 Å². The monoisotopic (exact) mass is 240 g/mol. The molecule has 0 fully saturated rings. The van der Waals surface area contributed by atoms with Crippen molar-refractivity contribution in [3.63, 3.8) is 0 Å². The van der Waals surface area contributed by atoms with E-state index in [1.54, 1.807) is 0 Å². The summed E-state index contributed by atoms with van der Waals surface area (Å²) in [4.78, 5) is 3.24. The topological polar surface area (TPSA) is 41.8 Å². The smallest absolute Gasteiger partial charge is 0.0457 e. The molecule has 0 spiro atoms. The minimum atomic E-state index is 0.561. The SMILES string of the molecule is C=C/C(=C\CCC)c1ccc2[nH]cc(CN)c2c1. The van der Waals surface area contributed by atoms with Crippen LogP contribution in [0.1, 0.15) is 30.9 Å². The molecule has 0 unspecified atom stereocenters. The van der Waals surface area contributed by atoms with Crippen molar-refractivity contribution in [2.45, 2.75) is 26.3 Å². The zero-order valence-corrected chi connectivity index (χ0v) is 10.9. The number of nitrogens with two attached hydrogens (primary N) is 1.